The molecule has 5 aromatic rings. The summed E-state index contributed by atoms with van der Waals surface area (Å²) < 4.78 is 92.5. The number of pyridine rings is 1. The molecule has 264 valence electrons. The van der Waals surface area contributed by atoms with Crippen LogP contribution in [0.4, 0.5) is 17.6 Å². The largest absolute Gasteiger partial charge is 0.418 e. The van der Waals surface area contributed by atoms with E-state index in [9.17, 15) is 26.4 Å². The van der Waals surface area contributed by atoms with Gasteiger partial charge in [-0.1, -0.05) is 31.5 Å². The van der Waals surface area contributed by atoms with Crippen LogP contribution in [0.2, 0.25) is 0 Å². The monoisotopic (exact) mass is 710 g/mol. The Balaban J connectivity index is 1.50. The molecular weight excluding hydrogens is 672 g/mol. The number of halogens is 4. The Hall–Kier alpha value is -4.30. The molecule has 0 radical (unpaired) electrons. The first-order valence-corrected chi connectivity index (χ1v) is 18.1. The van der Waals surface area contributed by atoms with Gasteiger partial charge in [-0.15, -0.1) is 10.2 Å². The highest BCUT2D eigenvalue weighted by atomic mass is 32.2. The van der Waals surface area contributed by atoms with Crippen molar-refractivity contribution in [3.8, 4) is 5.69 Å². The molecule has 7 rings (SSSR count). The molecule has 1 saturated heterocycles. The number of rotatable bonds is 7. The third-order valence-corrected chi connectivity index (χ3v) is 12.0. The van der Waals surface area contributed by atoms with Crippen molar-refractivity contribution in [3.05, 3.63) is 105 Å². The van der Waals surface area contributed by atoms with Gasteiger partial charge in [0.25, 0.3) is 15.6 Å². The summed E-state index contributed by atoms with van der Waals surface area (Å²) in [4.78, 5) is 16.4. The molecule has 0 amide bonds. The second kappa shape index (κ2) is 12.2. The Kier molecular flexibility index (Phi) is 8.33. The lowest BCUT2D eigenvalue weighted by Gasteiger charge is -2.46. The molecule has 0 unspecified atom stereocenters. The topological polar surface area (TPSA) is 95.0 Å². The van der Waals surface area contributed by atoms with E-state index in [0.29, 0.717) is 49.4 Å². The molecule has 9 nitrogen and oxygen atoms in total. The maximum atomic E-state index is 15.6. The van der Waals surface area contributed by atoms with Crippen LogP contribution in [-0.2, 0) is 35.2 Å². The molecule has 2 fully saturated rings. The highest BCUT2D eigenvalue weighted by Gasteiger charge is 2.48. The van der Waals surface area contributed by atoms with E-state index in [0.717, 1.165) is 33.0 Å². The van der Waals surface area contributed by atoms with Crippen LogP contribution in [0.5, 0.6) is 0 Å². The van der Waals surface area contributed by atoms with Crippen molar-refractivity contribution in [2.45, 2.75) is 69.5 Å². The minimum absolute atomic E-state index is 0.0172. The molecule has 1 aliphatic heterocycles. The van der Waals surface area contributed by atoms with Crippen molar-refractivity contribution in [2.75, 3.05) is 13.1 Å². The molecule has 2 aliphatic rings. The van der Waals surface area contributed by atoms with Crippen molar-refractivity contribution >= 4 is 20.9 Å². The van der Waals surface area contributed by atoms with Gasteiger partial charge in [0.2, 0.25) is 0 Å². The van der Waals surface area contributed by atoms with Gasteiger partial charge in [0.15, 0.2) is 0 Å². The number of aryl methyl sites for hydroxylation is 2. The normalized spacial score (nSPS) is 21.8. The summed E-state index contributed by atoms with van der Waals surface area (Å²) in [6.45, 7) is 7.16. The van der Waals surface area contributed by atoms with E-state index in [1.54, 1.807) is 30.7 Å². The number of alkyl halides is 3. The van der Waals surface area contributed by atoms with Crippen LogP contribution in [-0.4, -0.2) is 49.7 Å². The number of piperidine rings is 1. The third-order valence-electron chi connectivity index (χ3n) is 10.2. The summed E-state index contributed by atoms with van der Waals surface area (Å²) in [7, 11) is -2.81. The van der Waals surface area contributed by atoms with Gasteiger partial charge >= 0.3 is 6.18 Å². The summed E-state index contributed by atoms with van der Waals surface area (Å²) >= 11 is 0. The van der Waals surface area contributed by atoms with Crippen molar-refractivity contribution in [2.24, 2.45) is 18.9 Å². The van der Waals surface area contributed by atoms with E-state index >= 15 is 4.39 Å². The van der Waals surface area contributed by atoms with Gasteiger partial charge in [-0.2, -0.15) is 13.2 Å². The second-order valence-corrected chi connectivity index (χ2v) is 16.0. The number of likely N-dealkylation sites (tertiary alicyclic amines) is 1. The lowest BCUT2D eigenvalue weighted by Crippen LogP contribution is -2.43. The predicted molar refractivity (Wildman–Crippen MR) is 180 cm³/mol. The van der Waals surface area contributed by atoms with Gasteiger partial charge in [-0.3, -0.25) is 14.3 Å². The molecule has 50 heavy (non-hydrogen) atoms. The fourth-order valence-corrected chi connectivity index (χ4v) is 9.51. The molecule has 1 saturated carbocycles. The average Bonchev–Trinajstić information content (AvgIpc) is 3.63. The maximum Gasteiger partial charge on any atom is 0.418 e. The summed E-state index contributed by atoms with van der Waals surface area (Å²) in [6, 6.07) is 10.9. The standard InChI is InChI=1S/C36H38F4N6O3S/c1-22-7-9-29(10-8-22)50(48,49)46-28(19-44-11-5-6-23(2)18-44)15-30-31(36(38,39)40)20-45(33(47)32(30)46)27-13-25(12-26(37)14-27)35(16-24(3)17-35)34-42-41-21-43(34)4/h7-10,12-15,20-21,23-24H,5-6,11,16-19H2,1-4H3/t23-,24?,35?/m0/s1. The smallest absolute Gasteiger partial charge is 0.320 e. The predicted octanol–water partition coefficient (Wildman–Crippen LogP) is 6.57. The van der Waals surface area contributed by atoms with Crippen LogP contribution in [0.25, 0.3) is 16.6 Å². The van der Waals surface area contributed by atoms with E-state index < -0.39 is 49.5 Å². The molecular formula is C36H38F4N6O3S. The molecule has 0 spiro atoms. The number of nitrogens with zero attached hydrogens (tertiary/aromatic N) is 6. The number of fused-ring (bicyclic) bond motifs is 1. The fraction of sp³-hybridized carbons (Fsp3) is 0.417. The first-order chi connectivity index (χ1) is 23.6. The second-order valence-electron chi connectivity index (χ2n) is 14.2. The molecule has 0 bridgehead atoms. The molecule has 4 heterocycles. The molecule has 1 aliphatic carbocycles. The van der Waals surface area contributed by atoms with Gasteiger partial charge in [0.05, 0.1) is 21.6 Å². The lowest BCUT2D eigenvalue weighted by molar-refractivity contribution is -0.136. The summed E-state index contributed by atoms with van der Waals surface area (Å²) in [5, 5.41) is 7.75. The molecule has 2 aromatic carbocycles. The van der Waals surface area contributed by atoms with Gasteiger partial charge in [-0.25, -0.2) is 16.8 Å². The Morgan fingerprint density at radius 3 is 2.36 bits per heavy atom. The summed E-state index contributed by atoms with van der Waals surface area (Å²) in [6.07, 6.45) is 0.195. The third kappa shape index (κ3) is 5.75. The van der Waals surface area contributed by atoms with Crippen molar-refractivity contribution in [1.82, 2.24) is 28.2 Å². The number of benzene rings is 2. The van der Waals surface area contributed by atoms with E-state index in [2.05, 4.69) is 17.1 Å². The van der Waals surface area contributed by atoms with E-state index in [4.69, 9.17) is 0 Å². The van der Waals surface area contributed by atoms with E-state index in [1.807, 2.05) is 11.8 Å². The Labute approximate surface area is 287 Å². The quantitative estimate of drug-likeness (QED) is 0.178. The van der Waals surface area contributed by atoms with E-state index in [1.165, 1.54) is 36.7 Å². The van der Waals surface area contributed by atoms with Gasteiger partial charge in [0.1, 0.15) is 23.5 Å². The maximum absolute atomic E-state index is 15.6. The van der Waals surface area contributed by atoms with Crippen LogP contribution in [0, 0.1) is 24.6 Å². The van der Waals surface area contributed by atoms with Crippen molar-refractivity contribution in [3.63, 3.8) is 0 Å². The van der Waals surface area contributed by atoms with Crippen LogP contribution in [0.3, 0.4) is 0 Å². The zero-order valence-corrected chi connectivity index (χ0v) is 29.0. The SMILES string of the molecule is Cc1ccc(S(=O)(=O)n2c(CN3CCC[C@H](C)C3)cc3c(C(F)(F)F)cn(-c4cc(F)cc(C5(c6nncn6C)CC(C)C5)c4)c(=O)c32)cc1. The van der Waals surface area contributed by atoms with Crippen LogP contribution in [0.15, 0.2) is 70.7 Å². The Morgan fingerprint density at radius 2 is 1.74 bits per heavy atom. The number of aromatic nitrogens is 5. The summed E-state index contributed by atoms with van der Waals surface area (Å²) in [5.74, 6) is 0.372. The van der Waals surface area contributed by atoms with Gasteiger partial charge in [0, 0.05) is 37.4 Å². The summed E-state index contributed by atoms with van der Waals surface area (Å²) in [5.41, 5.74) is -2.55. The highest BCUT2D eigenvalue weighted by Crippen LogP contribution is 2.52. The lowest BCUT2D eigenvalue weighted by atomic mass is 9.58. The van der Waals surface area contributed by atoms with Gasteiger partial charge in [-0.05, 0) is 92.9 Å². The molecule has 14 heteroatoms. The highest BCUT2D eigenvalue weighted by molar-refractivity contribution is 7.90. The zero-order chi connectivity index (χ0) is 35.7. The Bertz CT molecular complexity index is 2270. The van der Waals surface area contributed by atoms with Crippen LogP contribution in [0.1, 0.15) is 67.7 Å². The average molecular weight is 711 g/mol. The first-order valence-electron chi connectivity index (χ1n) is 16.7. The van der Waals surface area contributed by atoms with Crippen molar-refractivity contribution < 1.29 is 26.0 Å². The zero-order valence-electron chi connectivity index (χ0n) is 28.2. The first kappa shape index (κ1) is 34.2. The minimum Gasteiger partial charge on any atom is -0.320 e. The number of hydrogen-bond donors (Lipinski definition) is 0. The van der Waals surface area contributed by atoms with Crippen LogP contribution >= 0.6 is 0 Å². The molecule has 1 atom stereocenters. The Morgan fingerprint density at radius 1 is 1.02 bits per heavy atom. The van der Waals surface area contributed by atoms with Crippen molar-refractivity contribution in [1.29, 1.82) is 0 Å². The van der Waals surface area contributed by atoms with E-state index in [-0.39, 0.29) is 28.7 Å². The van der Waals surface area contributed by atoms with Gasteiger partial charge < -0.3 is 4.57 Å². The molecule has 0 N–H and O–H groups in total. The fourth-order valence-electron chi connectivity index (χ4n) is 7.99. The number of hydrogen-bond acceptors (Lipinski definition) is 6. The van der Waals surface area contributed by atoms with Crippen LogP contribution < -0.4 is 5.56 Å². The molecule has 3 aromatic heterocycles. The minimum atomic E-state index is -4.98.